The molecule has 5 heteroatoms. The number of hydrogen-bond acceptors (Lipinski definition) is 5. The fourth-order valence-corrected chi connectivity index (χ4v) is 2.18. The molecule has 0 spiro atoms. The van der Waals surface area contributed by atoms with Crippen molar-refractivity contribution in [1.82, 2.24) is 15.5 Å². The summed E-state index contributed by atoms with van der Waals surface area (Å²) in [5.74, 6) is 0. The quantitative estimate of drug-likeness (QED) is 0.817. The normalized spacial score (nSPS) is 18.6. The molecule has 2 heterocycles. The van der Waals surface area contributed by atoms with Crippen LogP contribution >= 0.6 is 11.3 Å². The van der Waals surface area contributed by atoms with Gasteiger partial charge in [-0.3, -0.25) is 0 Å². The third-order valence-electron chi connectivity index (χ3n) is 2.30. The molecule has 1 saturated heterocycles. The van der Waals surface area contributed by atoms with Gasteiger partial charge < -0.3 is 10.1 Å². The van der Waals surface area contributed by atoms with E-state index >= 15 is 0 Å². The molecule has 0 bridgehead atoms. The summed E-state index contributed by atoms with van der Waals surface area (Å²) in [6, 6.07) is 0. The summed E-state index contributed by atoms with van der Waals surface area (Å²) in [5, 5.41) is 13.3. The molecule has 2 rings (SSSR count). The Kier molecular flexibility index (Phi) is 3.44. The summed E-state index contributed by atoms with van der Waals surface area (Å²) in [6.45, 7) is 4.72. The molecule has 1 aromatic heterocycles. The zero-order chi connectivity index (χ0) is 9.80. The van der Waals surface area contributed by atoms with Crippen LogP contribution in [0.1, 0.15) is 22.9 Å². The van der Waals surface area contributed by atoms with Crippen LogP contribution in [0.5, 0.6) is 0 Å². The molecule has 1 aliphatic heterocycles. The minimum atomic E-state index is 0.403. The average molecular weight is 213 g/mol. The van der Waals surface area contributed by atoms with E-state index in [0.717, 1.165) is 35.9 Å². The predicted octanol–water partition coefficient (Wildman–Crippen LogP) is 1.12. The van der Waals surface area contributed by atoms with E-state index in [1.54, 1.807) is 11.3 Å². The zero-order valence-corrected chi connectivity index (χ0v) is 9.14. The van der Waals surface area contributed by atoms with Gasteiger partial charge in [-0.15, -0.1) is 10.2 Å². The second kappa shape index (κ2) is 4.82. The standard InChI is InChI=1S/C9H15N3OS/c1-7-11-12-9(14-7)6-13-8-2-4-10-5-3-8/h8,10H,2-6H2,1H3. The lowest BCUT2D eigenvalue weighted by Crippen LogP contribution is -2.32. The van der Waals surface area contributed by atoms with Gasteiger partial charge in [0.1, 0.15) is 16.6 Å². The van der Waals surface area contributed by atoms with E-state index in [9.17, 15) is 0 Å². The first kappa shape index (κ1) is 10.0. The number of piperidine rings is 1. The molecule has 0 atom stereocenters. The van der Waals surface area contributed by atoms with Gasteiger partial charge in [-0.05, 0) is 32.9 Å². The molecule has 0 aromatic carbocycles. The highest BCUT2D eigenvalue weighted by molar-refractivity contribution is 7.11. The summed E-state index contributed by atoms with van der Waals surface area (Å²) in [7, 11) is 0. The van der Waals surface area contributed by atoms with E-state index in [1.165, 1.54) is 0 Å². The van der Waals surface area contributed by atoms with Crippen molar-refractivity contribution >= 4 is 11.3 Å². The molecule has 0 unspecified atom stereocenters. The third-order valence-corrected chi connectivity index (χ3v) is 3.11. The molecular weight excluding hydrogens is 198 g/mol. The maximum atomic E-state index is 5.75. The molecule has 1 aliphatic rings. The molecule has 0 radical (unpaired) electrons. The Hall–Kier alpha value is -0.520. The molecule has 78 valence electrons. The highest BCUT2D eigenvalue weighted by Gasteiger charge is 2.13. The van der Waals surface area contributed by atoms with Crippen LogP contribution in [-0.2, 0) is 11.3 Å². The first-order chi connectivity index (χ1) is 6.84. The summed E-state index contributed by atoms with van der Waals surface area (Å²) in [5.41, 5.74) is 0. The van der Waals surface area contributed by atoms with Gasteiger partial charge in [0.15, 0.2) is 0 Å². The second-order valence-corrected chi connectivity index (χ2v) is 4.74. The first-order valence-corrected chi connectivity index (χ1v) is 5.77. The van der Waals surface area contributed by atoms with Gasteiger partial charge in [0, 0.05) is 0 Å². The number of nitrogens with zero attached hydrogens (tertiary/aromatic N) is 2. The Balaban J connectivity index is 1.76. The Morgan fingerprint density at radius 1 is 1.43 bits per heavy atom. The summed E-state index contributed by atoms with van der Waals surface area (Å²) in [4.78, 5) is 0. The van der Waals surface area contributed by atoms with E-state index < -0.39 is 0 Å². The van der Waals surface area contributed by atoms with Gasteiger partial charge in [-0.25, -0.2) is 0 Å². The van der Waals surface area contributed by atoms with E-state index in [4.69, 9.17) is 4.74 Å². The summed E-state index contributed by atoms with van der Waals surface area (Å²) < 4.78 is 5.75. The highest BCUT2D eigenvalue weighted by atomic mass is 32.1. The monoisotopic (exact) mass is 213 g/mol. The molecule has 0 aliphatic carbocycles. The van der Waals surface area contributed by atoms with Gasteiger partial charge in [0.2, 0.25) is 0 Å². The van der Waals surface area contributed by atoms with Crippen LogP contribution in [0.25, 0.3) is 0 Å². The molecule has 0 amide bonds. The Labute approximate surface area is 87.7 Å². The fourth-order valence-electron chi connectivity index (χ4n) is 1.55. The maximum Gasteiger partial charge on any atom is 0.143 e. The van der Waals surface area contributed by atoms with Crippen molar-refractivity contribution in [2.75, 3.05) is 13.1 Å². The van der Waals surface area contributed by atoms with Crippen molar-refractivity contribution in [1.29, 1.82) is 0 Å². The van der Waals surface area contributed by atoms with Gasteiger partial charge in [0.05, 0.1) is 6.10 Å². The number of aromatic nitrogens is 2. The third kappa shape index (κ3) is 2.73. The lowest BCUT2D eigenvalue weighted by Gasteiger charge is -2.22. The van der Waals surface area contributed by atoms with Crippen LogP contribution in [0.4, 0.5) is 0 Å². The molecular formula is C9H15N3OS. The van der Waals surface area contributed by atoms with Crippen LogP contribution in [-0.4, -0.2) is 29.4 Å². The largest absolute Gasteiger partial charge is 0.371 e. The minimum Gasteiger partial charge on any atom is -0.371 e. The molecule has 1 fully saturated rings. The molecule has 1 N–H and O–H groups in total. The zero-order valence-electron chi connectivity index (χ0n) is 8.32. The fraction of sp³-hybridized carbons (Fsp3) is 0.778. The number of aryl methyl sites for hydroxylation is 1. The van der Waals surface area contributed by atoms with Crippen LogP contribution in [0.15, 0.2) is 0 Å². The van der Waals surface area contributed by atoms with Gasteiger partial charge in [0.25, 0.3) is 0 Å². The number of rotatable bonds is 3. The smallest absolute Gasteiger partial charge is 0.143 e. The summed E-state index contributed by atoms with van der Waals surface area (Å²) >= 11 is 1.61. The Bertz CT molecular complexity index is 283. The molecule has 14 heavy (non-hydrogen) atoms. The summed E-state index contributed by atoms with van der Waals surface area (Å²) in [6.07, 6.45) is 2.62. The van der Waals surface area contributed by atoms with Gasteiger partial charge in [-0.2, -0.15) is 0 Å². The van der Waals surface area contributed by atoms with Crippen molar-refractivity contribution in [3.8, 4) is 0 Å². The average Bonchev–Trinajstić information content (AvgIpc) is 2.63. The predicted molar refractivity (Wildman–Crippen MR) is 55.3 cm³/mol. The van der Waals surface area contributed by atoms with Crippen molar-refractivity contribution < 1.29 is 4.74 Å². The number of hydrogen-bond donors (Lipinski definition) is 1. The maximum absolute atomic E-state index is 5.75. The van der Waals surface area contributed by atoms with Crippen molar-refractivity contribution in [3.05, 3.63) is 10.0 Å². The van der Waals surface area contributed by atoms with E-state index in [2.05, 4.69) is 15.5 Å². The van der Waals surface area contributed by atoms with Crippen molar-refractivity contribution in [3.63, 3.8) is 0 Å². The van der Waals surface area contributed by atoms with E-state index in [1.807, 2.05) is 6.92 Å². The van der Waals surface area contributed by atoms with Crippen molar-refractivity contribution in [2.24, 2.45) is 0 Å². The Morgan fingerprint density at radius 2 is 2.21 bits per heavy atom. The highest BCUT2D eigenvalue weighted by Crippen LogP contribution is 2.13. The molecule has 1 aromatic rings. The molecule has 0 saturated carbocycles. The van der Waals surface area contributed by atoms with Gasteiger partial charge >= 0.3 is 0 Å². The SMILES string of the molecule is Cc1nnc(COC2CCNCC2)s1. The number of ether oxygens (including phenoxy) is 1. The minimum absolute atomic E-state index is 0.403. The van der Waals surface area contributed by atoms with Crippen molar-refractivity contribution in [2.45, 2.75) is 32.5 Å². The van der Waals surface area contributed by atoms with E-state index in [-0.39, 0.29) is 0 Å². The Morgan fingerprint density at radius 3 is 2.86 bits per heavy atom. The van der Waals surface area contributed by atoms with Gasteiger partial charge in [-0.1, -0.05) is 11.3 Å². The van der Waals surface area contributed by atoms with Crippen LogP contribution in [0.2, 0.25) is 0 Å². The molecule has 4 nitrogen and oxygen atoms in total. The lowest BCUT2D eigenvalue weighted by molar-refractivity contribution is 0.0209. The van der Waals surface area contributed by atoms with Crippen LogP contribution in [0.3, 0.4) is 0 Å². The number of nitrogens with one attached hydrogen (secondary N) is 1. The first-order valence-electron chi connectivity index (χ1n) is 4.96. The van der Waals surface area contributed by atoms with Crippen LogP contribution < -0.4 is 5.32 Å². The second-order valence-electron chi connectivity index (χ2n) is 3.48. The van der Waals surface area contributed by atoms with Crippen LogP contribution in [0, 0.1) is 6.92 Å². The van der Waals surface area contributed by atoms with E-state index in [0.29, 0.717) is 12.7 Å². The topological polar surface area (TPSA) is 47.0 Å². The lowest BCUT2D eigenvalue weighted by atomic mass is 10.1.